The van der Waals surface area contributed by atoms with Crippen molar-refractivity contribution < 1.29 is 24.3 Å². The standard InChI is InChI=1S/C17H22N6O5/c18-17(19)20-7-1-2-11-14(25)23-12(15(26)22-11)8-13(24)21-10-5-3-9(4-6-10)16(27)28/h3-6,11-12H,1-2,7-8H2,(H,21,24)(H,22,26)(H,23,25)(H,27,28)(H4,18,19,20)/t11-,12-/m0/s1. The maximum atomic E-state index is 12.2. The van der Waals surface area contributed by atoms with E-state index in [-0.39, 0.29) is 23.9 Å². The fourth-order valence-corrected chi connectivity index (χ4v) is 2.62. The van der Waals surface area contributed by atoms with Crippen LogP contribution in [0.3, 0.4) is 0 Å². The van der Waals surface area contributed by atoms with E-state index >= 15 is 0 Å². The predicted octanol–water partition coefficient (Wildman–Crippen LogP) is -1.25. The molecule has 11 heteroatoms. The summed E-state index contributed by atoms with van der Waals surface area (Å²) in [6.45, 7) is 0.342. The van der Waals surface area contributed by atoms with Crippen molar-refractivity contribution in [1.82, 2.24) is 10.6 Å². The molecule has 1 heterocycles. The number of nitrogens with zero attached hydrogens (tertiary/aromatic N) is 1. The van der Waals surface area contributed by atoms with Crippen LogP contribution in [-0.4, -0.2) is 53.4 Å². The number of carbonyl (C=O) groups is 4. The molecule has 1 aliphatic heterocycles. The van der Waals surface area contributed by atoms with Gasteiger partial charge < -0.3 is 32.5 Å². The zero-order chi connectivity index (χ0) is 20.7. The molecule has 0 spiro atoms. The molecule has 0 unspecified atom stereocenters. The molecule has 2 rings (SSSR count). The number of guanidine groups is 1. The number of hydrogen-bond donors (Lipinski definition) is 6. The van der Waals surface area contributed by atoms with E-state index in [1.165, 1.54) is 24.3 Å². The minimum atomic E-state index is -1.08. The number of hydrogen-bond acceptors (Lipinski definition) is 5. The van der Waals surface area contributed by atoms with Gasteiger partial charge in [-0.3, -0.25) is 19.4 Å². The second kappa shape index (κ2) is 9.35. The van der Waals surface area contributed by atoms with E-state index in [0.717, 1.165) is 0 Å². The summed E-state index contributed by atoms with van der Waals surface area (Å²) in [5, 5.41) is 16.5. The summed E-state index contributed by atoms with van der Waals surface area (Å²) in [6.07, 6.45) is 0.621. The summed E-state index contributed by atoms with van der Waals surface area (Å²) in [7, 11) is 0. The number of piperazine rings is 1. The van der Waals surface area contributed by atoms with E-state index in [0.29, 0.717) is 25.1 Å². The van der Waals surface area contributed by atoms with Gasteiger partial charge in [-0.15, -0.1) is 0 Å². The number of rotatable bonds is 8. The fraction of sp³-hybridized carbons (Fsp3) is 0.353. The second-order valence-corrected chi connectivity index (χ2v) is 6.21. The molecule has 3 amide bonds. The molecule has 0 radical (unpaired) electrons. The smallest absolute Gasteiger partial charge is 0.335 e. The lowest BCUT2D eigenvalue weighted by Gasteiger charge is -2.29. The summed E-state index contributed by atoms with van der Waals surface area (Å²) in [6, 6.07) is 3.88. The van der Waals surface area contributed by atoms with Crippen molar-refractivity contribution in [2.24, 2.45) is 16.5 Å². The molecule has 0 saturated carbocycles. The molecule has 1 saturated heterocycles. The van der Waals surface area contributed by atoms with Crippen LogP contribution in [0.1, 0.15) is 29.6 Å². The van der Waals surface area contributed by atoms with Crippen molar-refractivity contribution in [2.45, 2.75) is 31.3 Å². The van der Waals surface area contributed by atoms with Gasteiger partial charge in [-0.05, 0) is 37.1 Å². The molecule has 1 aromatic rings. The summed E-state index contributed by atoms with van der Waals surface area (Å²) >= 11 is 0. The van der Waals surface area contributed by atoms with Crippen LogP contribution in [0.25, 0.3) is 0 Å². The minimum Gasteiger partial charge on any atom is -0.478 e. The number of aromatic carboxylic acids is 1. The lowest BCUT2D eigenvalue weighted by Crippen LogP contribution is -2.62. The van der Waals surface area contributed by atoms with Crippen LogP contribution in [0.4, 0.5) is 5.69 Å². The Kier molecular flexibility index (Phi) is 6.90. The molecule has 28 heavy (non-hydrogen) atoms. The van der Waals surface area contributed by atoms with Crippen LogP contribution in [0.5, 0.6) is 0 Å². The van der Waals surface area contributed by atoms with Gasteiger partial charge >= 0.3 is 5.97 Å². The number of nitrogens with two attached hydrogens (primary N) is 2. The molecule has 0 bridgehead atoms. The summed E-state index contributed by atoms with van der Waals surface area (Å²) in [5.41, 5.74) is 10.9. The van der Waals surface area contributed by atoms with Crippen molar-refractivity contribution in [3.63, 3.8) is 0 Å². The van der Waals surface area contributed by atoms with E-state index in [2.05, 4.69) is 20.9 Å². The molecule has 1 fully saturated rings. The second-order valence-electron chi connectivity index (χ2n) is 6.21. The van der Waals surface area contributed by atoms with Gasteiger partial charge in [0.2, 0.25) is 17.7 Å². The number of anilines is 1. The predicted molar refractivity (Wildman–Crippen MR) is 100 cm³/mol. The van der Waals surface area contributed by atoms with Crippen LogP contribution >= 0.6 is 0 Å². The Bertz CT molecular complexity index is 788. The van der Waals surface area contributed by atoms with Crippen molar-refractivity contribution in [3.05, 3.63) is 29.8 Å². The molecular formula is C17H22N6O5. The monoisotopic (exact) mass is 390 g/mol. The molecule has 8 N–H and O–H groups in total. The Morgan fingerprint density at radius 2 is 1.68 bits per heavy atom. The third-order valence-electron chi connectivity index (χ3n) is 4.02. The van der Waals surface area contributed by atoms with Crippen LogP contribution in [0.15, 0.2) is 29.3 Å². The first kappa shape index (κ1) is 20.7. The summed E-state index contributed by atoms with van der Waals surface area (Å²) in [4.78, 5) is 51.0. The van der Waals surface area contributed by atoms with Crippen LogP contribution in [-0.2, 0) is 14.4 Å². The highest BCUT2D eigenvalue weighted by Gasteiger charge is 2.34. The average molecular weight is 390 g/mol. The van der Waals surface area contributed by atoms with Gasteiger partial charge in [-0.2, -0.15) is 0 Å². The Balaban J connectivity index is 1.83. The number of nitrogens with one attached hydrogen (secondary N) is 3. The Labute approximate surface area is 160 Å². The topological polar surface area (TPSA) is 189 Å². The third-order valence-corrected chi connectivity index (χ3v) is 4.02. The highest BCUT2D eigenvalue weighted by Crippen LogP contribution is 2.12. The zero-order valence-corrected chi connectivity index (χ0v) is 15.0. The minimum absolute atomic E-state index is 0.0409. The van der Waals surface area contributed by atoms with Gasteiger partial charge in [-0.25, -0.2) is 4.79 Å². The van der Waals surface area contributed by atoms with E-state index in [9.17, 15) is 19.2 Å². The molecule has 0 aliphatic carbocycles. The maximum absolute atomic E-state index is 12.2. The Morgan fingerprint density at radius 1 is 1.07 bits per heavy atom. The Morgan fingerprint density at radius 3 is 2.29 bits per heavy atom. The van der Waals surface area contributed by atoms with Gasteiger partial charge in [0.05, 0.1) is 12.0 Å². The zero-order valence-electron chi connectivity index (χ0n) is 15.0. The third kappa shape index (κ3) is 5.97. The van der Waals surface area contributed by atoms with Gasteiger partial charge in [0.15, 0.2) is 5.96 Å². The maximum Gasteiger partial charge on any atom is 0.335 e. The fourth-order valence-electron chi connectivity index (χ4n) is 2.62. The quantitative estimate of drug-likeness (QED) is 0.181. The molecule has 2 atom stereocenters. The number of benzene rings is 1. The number of carboxylic acids is 1. The molecule has 1 aliphatic rings. The lowest BCUT2D eigenvalue weighted by atomic mass is 10.0. The highest BCUT2D eigenvalue weighted by molar-refractivity contribution is 6.01. The van der Waals surface area contributed by atoms with E-state index in [4.69, 9.17) is 16.6 Å². The molecular weight excluding hydrogens is 368 g/mol. The van der Waals surface area contributed by atoms with E-state index in [1.807, 2.05) is 0 Å². The van der Waals surface area contributed by atoms with Crippen LogP contribution in [0.2, 0.25) is 0 Å². The first-order chi connectivity index (χ1) is 13.3. The number of carboxylic acid groups (broad SMARTS) is 1. The van der Waals surface area contributed by atoms with E-state index in [1.54, 1.807) is 0 Å². The van der Waals surface area contributed by atoms with Gasteiger partial charge in [0.1, 0.15) is 12.1 Å². The summed E-state index contributed by atoms with van der Waals surface area (Å²) < 4.78 is 0. The van der Waals surface area contributed by atoms with Gasteiger partial charge in [0, 0.05) is 12.2 Å². The van der Waals surface area contributed by atoms with Crippen molar-refractivity contribution in [3.8, 4) is 0 Å². The first-order valence-electron chi connectivity index (χ1n) is 8.55. The Hall–Kier alpha value is -3.63. The van der Waals surface area contributed by atoms with Crippen LogP contribution < -0.4 is 27.4 Å². The molecule has 150 valence electrons. The van der Waals surface area contributed by atoms with Gasteiger partial charge in [0.25, 0.3) is 0 Å². The summed E-state index contributed by atoms with van der Waals surface area (Å²) in [5.74, 6) is -2.45. The SMILES string of the molecule is NC(N)=NCCC[C@@H]1NC(=O)[C@H](CC(=O)Nc2ccc(C(=O)O)cc2)NC1=O. The lowest BCUT2D eigenvalue weighted by molar-refractivity contribution is -0.138. The molecule has 11 nitrogen and oxygen atoms in total. The molecule has 0 aromatic heterocycles. The number of amides is 3. The highest BCUT2D eigenvalue weighted by atomic mass is 16.4. The normalized spacial score (nSPS) is 18.6. The van der Waals surface area contributed by atoms with Crippen molar-refractivity contribution in [2.75, 3.05) is 11.9 Å². The first-order valence-corrected chi connectivity index (χ1v) is 8.55. The van der Waals surface area contributed by atoms with E-state index < -0.39 is 29.9 Å². The van der Waals surface area contributed by atoms with Crippen molar-refractivity contribution in [1.29, 1.82) is 0 Å². The van der Waals surface area contributed by atoms with Gasteiger partial charge in [-0.1, -0.05) is 0 Å². The average Bonchev–Trinajstić information content (AvgIpc) is 2.62. The van der Waals surface area contributed by atoms with Crippen LogP contribution in [0, 0.1) is 0 Å². The van der Waals surface area contributed by atoms with Crippen molar-refractivity contribution >= 4 is 35.3 Å². The number of aliphatic imine (C=N–C) groups is 1. The number of carbonyl (C=O) groups excluding carboxylic acids is 3. The largest absolute Gasteiger partial charge is 0.478 e. The molecule has 1 aromatic carbocycles.